The Labute approximate surface area is 167 Å². The van der Waals surface area contributed by atoms with Gasteiger partial charge in [0.2, 0.25) is 11.8 Å². The number of nitrogens with zero attached hydrogens (tertiary/aromatic N) is 2. The van der Waals surface area contributed by atoms with E-state index in [4.69, 9.17) is 4.74 Å². The molecule has 0 bridgehead atoms. The van der Waals surface area contributed by atoms with Gasteiger partial charge in [-0.1, -0.05) is 23.5 Å². The molecule has 148 valence electrons. The topological polar surface area (TPSA) is 88.6 Å². The maximum Gasteiger partial charge on any atom is 0.350 e. The first-order valence-corrected chi connectivity index (χ1v) is 9.95. The van der Waals surface area contributed by atoms with Crippen LogP contribution in [0.1, 0.15) is 39.8 Å². The Morgan fingerprint density at radius 3 is 2.79 bits per heavy atom. The van der Waals surface area contributed by atoms with Gasteiger partial charge in [-0.2, -0.15) is 0 Å². The van der Waals surface area contributed by atoms with E-state index in [2.05, 4.69) is 10.3 Å². The number of carbonyl (C=O) groups is 3. The molecule has 1 unspecified atom stereocenters. The Bertz CT molecular complexity index is 938. The van der Waals surface area contributed by atoms with Crippen LogP contribution < -0.4 is 10.2 Å². The van der Waals surface area contributed by atoms with E-state index < -0.39 is 11.9 Å². The third-order valence-electron chi connectivity index (χ3n) is 4.85. The molecule has 1 N–H and O–H groups in total. The van der Waals surface area contributed by atoms with Crippen LogP contribution in [0.5, 0.6) is 0 Å². The largest absolute Gasteiger partial charge is 0.462 e. The molecule has 0 radical (unpaired) electrons. The first kappa shape index (κ1) is 20.0. The number of nitrogens with one attached hydrogen (secondary N) is 1. The summed E-state index contributed by atoms with van der Waals surface area (Å²) >= 11 is 1.08. The lowest BCUT2D eigenvalue weighted by Gasteiger charge is -2.20. The summed E-state index contributed by atoms with van der Waals surface area (Å²) < 4.78 is 4.99. The maximum absolute atomic E-state index is 12.7. The molecule has 28 heavy (non-hydrogen) atoms. The first-order valence-electron chi connectivity index (χ1n) is 9.13. The molecule has 1 aliphatic rings. The molecule has 2 heterocycles. The van der Waals surface area contributed by atoms with E-state index in [1.165, 1.54) is 0 Å². The molecule has 1 aromatic carbocycles. The van der Waals surface area contributed by atoms with Gasteiger partial charge in [-0.15, -0.1) is 0 Å². The molecule has 1 aromatic heterocycles. The molecule has 8 heteroatoms. The standard InChI is InChI=1S/C20H23N3O4S/c1-5-27-19(26)17-13(4)21-20(28-17)22-18(25)14-9-16(24)23(10-14)15-8-6-7-11(2)12(15)3/h6-8,14H,5,9-10H2,1-4H3,(H,21,22,25). The van der Waals surface area contributed by atoms with Crippen molar-refractivity contribution in [3.05, 3.63) is 39.9 Å². The Morgan fingerprint density at radius 2 is 2.07 bits per heavy atom. The lowest BCUT2D eigenvalue weighted by Crippen LogP contribution is -2.28. The third-order valence-corrected chi connectivity index (χ3v) is 5.90. The summed E-state index contributed by atoms with van der Waals surface area (Å²) in [4.78, 5) is 43.3. The second-order valence-corrected chi connectivity index (χ2v) is 7.77. The summed E-state index contributed by atoms with van der Waals surface area (Å²) in [5, 5.41) is 3.08. The van der Waals surface area contributed by atoms with E-state index in [0.717, 1.165) is 28.2 Å². The van der Waals surface area contributed by atoms with E-state index in [-0.39, 0.29) is 24.8 Å². The number of amides is 2. The number of hydrogen-bond acceptors (Lipinski definition) is 6. The zero-order valence-corrected chi connectivity index (χ0v) is 17.2. The quantitative estimate of drug-likeness (QED) is 0.777. The highest BCUT2D eigenvalue weighted by Gasteiger charge is 2.36. The van der Waals surface area contributed by atoms with E-state index in [9.17, 15) is 14.4 Å². The number of aryl methyl sites for hydroxylation is 2. The second kappa shape index (κ2) is 8.10. The number of rotatable bonds is 5. The van der Waals surface area contributed by atoms with Crippen LogP contribution in [0, 0.1) is 26.7 Å². The van der Waals surface area contributed by atoms with Crippen molar-refractivity contribution >= 4 is 39.9 Å². The lowest BCUT2D eigenvalue weighted by molar-refractivity contribution is -0.122. The van der Waals surface area contributed by atoms with Gasteiger partial charge < -0.3 is 15.0 Å². The van der Waals surface area contributed by atoms with Gasteiger partial charge in [-0.05, 0) is 44.9 Å². The van der Waals surface area contributed by atoms with Crippen molar-refractivity contribution < 1.29 is 19.1 Å². The summed E-state index contributed by atoms with van der Waals surface area (Å²) in [6, 6.07) is 5.80. The Kier molecular flexibility index (Phi) is 5.79. The highest BCUT2D eigenvalue weighted by molar-refractivity contribution is 7.17. The van der Waals surface area contributed by atoms with Crippen LogP contribution in [0.25, 0.3) is 0 Å². The average Bonchev–Trinajstić information content (AvgIpc) is 3.20. The van der Waals surface area contributed by atoms with E-state index in [1.54, 1.807) is 18.7 Å². The third kappa shape index (κ3) is 3.91. The van der Waals surface area contributed by atoms with Gasteiger partial charge in [-0.25, -0.2) is 9.78 Å². The van der Waals surface area contributed by atoms with Gasteiger partial charge >= 0.3 is 5.97 Å². The molecule has 2 aromatic rings. The SMILES string of the molecule is CCOC(=O)c1sc(NC(=O)C2CC(=O)N(c3cccc(C)c3C)C2)nc1C. The molecule has 0 saturated carbocycles. The van der Waals surface area contributed by atoms with E-state index in [0.29, 0.717) is 22.2 Å². The Balaban J connectivity index is 1.71. The first-order chi connectivity index (χ1) is 13.3. The van der Waals surface area contributed by atoms with Crippen LogP contribution in [0.3, 0.4) is 0 Å². The number of benzene rings is 1. The van der Waals surface area contributed by atoms with Gasteiger partial charge in [0.05, 0.1) is 18.2 Å². The van der Waals surface area contributed by atoms with Crippen LogP contribution in [-0.2, 0) is 14.3 Å². The maximum atomic E-state index is 12.7. The van der Waals surface area contributed by atoms with E-state index >= 15 is 0 Å². The van der Waals surface area contributed by atoms with Crippen molar-refractivity contribution in [3.8, 4) is 0 Å². The Hall–Kier alpha value is -2.74. The van der Waals surface area contributed by atoms with Gasteiger partial charge in [-0.3, -0.25) is 9.59 Å². The van der Waals surface area contributed by atoms with Crippen molar-refractivity contribution in [2.24, 2.45) is 5.92 Å². The number of hydrogen-bond donors (Lipinski definition) is 1. The summed E-state index contributed by atoms with van der Waals surface area (Å²) in [6.45, 7) is 7.99. The zero-order chi connectivity index (χ0) is 20.4. The molecule has 0 spiro atoms. The number of esters is 1. The monoisotopic (exact) mass is 401 g/mol. The molecule has 1 aliphatic heterocycles. The van der Waals surface area contributed by atoms with Crippen molar-refractivity contribution in [2.75, 3.05) is 23.4 Å². The lowest BCUT2D eigenvalue weighted by atomic mass is 10.1. The van der Waals surface area contributed by atoms with Crippen LogP contribution in [0.4, 0.5) is 10.8 Å². The molecule has 1 atom stereocenters. The van der Waals surface area contributed by atoms with Crippen LogP contribution in [0.2, 0.25) is 0 Å². The highest BCUT2D eigenvalue weighted by atomic mass is 32.1. The number of ether oxygens (including phenoxy) is 1. The summed E-state index contributed by atoms with van der Waals surface area (Å²) in [5.74, 6) is -1.26. The summed E-state index contributed by atoms with van der Waals surface area (Å²) in [7, 11) is 0. The minimum atomic E-state index is -0.470. The smallest absolute Gasteiger partial charge is 0.350 e. The predicted octanol–water partition coefficient (Wildman–Crippen LogP) is 3.24. The molecule has 7 nitrogen and oxygen atoms in total. The fourth-order valence-electron chi connectivity index (χ4n) is 3.19. The molecule has 3 rings (SSSR count). The van der Waals surface area contributed by atoms with Crippen LogP contribution in [-0.4, -0.2) is 35.9 Å². The van der Waals surface area contributed by atoms with Crippen molar-refractivity contribution in [3.63, 3.8) is 0 Å². The summed E-state index contributed by atoms with van der Waals surface area (Å²) in [6.07, 6.45) is 0.147. The summed E-state index contributed by atoms with van der Waals surface area (Å²) in [5.41, 5.74) is 3.49. The molecule has 1 fully saturated rings. The zero-order valence-electron chi connectivity index (χ0n) is 16.4. The van der Waals surface area contributed by atoms with Gasteiger partial charge in [0.25, 0.3) is 0 Å². The average molecular weight is 401 g/mol. The fraction of sp³-hybridized carbons (Fsp3) is 0.400. The normalized spacial score (nSPS) is 16.4. The highest BCUT2D eigenvalue weighted by Crippen LogP contribution is 2.30. The molecular formula is C20H23N3O4S. The van der Waals surface area contributed by atoms with E-state index in [1.807, 2.05) is 32.0 Å². The predicted molar refractivity (Wildman–Crippen MR) is 108 cm³/mol. The van der Waals surface area contributed by atoms with Gasteiger partial charge in [0.1, 0.15) is 4.88 Å². The minimum Gasteiger partial charge on any atom is -0.462 e. The molecular weight excluding hydrogens is 378 g/mol. The fourth-order valence-corrected chi connectivity index (χ4v) is 4.05. The van der Waals surface area contributed by atoms with Crippen molar-refractivity contribution in [1.82, 2.24) is 4.98 Å². The Morgan fingerprint density at radius 1 is 1.32 bits per heavy atom. The molecule has 2 amide bonds. The van der Waals surface area contributed by atoms with Gasteiger partial charge in [0.15, 0.2) is 5.13 Å². The number of anilines is 2. The number of carbonyl (C=O) groups excluding carboxylic acids is 3. The number of aromatic nitrogens is 1. The van der Waals surface area contributed by atoms with Crippen molar-refractivity contribution in [1.29, 1.82) is 0 Å². The van der Waals surface area contributed by atoms with Crippen LogP contribution in [0.15, 0.2) is 18.2 Å². The number of thiazole rings is 1. The van der Waals surface area contributed by atoms with Crippen LogP contribution >= 0.6 is 11.3 Å². The second-order valence-electron chi connectivity index (χ2n) is 6.77. The van der Waals surface area contributed by atoms with Crippen molar-refractivity contribution in [2.45, 2.75) is 34.1 Å². The van der Waals surface area contributed by atoms with Gasteiger partial charge in [0, 0.05) is 18.7 Å². The molecule has 0 aliphatic carbocycles. The molecule has 1 saturated heterocycles. The minimum absolute atomic E-state index is 0.0728.